The van der Waals surface area contributed by atoms with Crippen LogP contribution in [0.4, 0.5) is 0 Å². The quantitative estimate of drug-likeness (QED) is 0.792. The van der Waals surface area contributed by atoms with E-state index in [0.29, 0.717) is 11.6 Å². The van der Waals surface area contributed by atoms with Gasteiger partial charge in [0.2, 0.25) is 5.91 Å². The Kier molecular flexibility index (Phi) is 4.62. The third kappa shape index (κ3) is 3.52. The van der Waals surface area contributed by atoms with Gasteiger partial charge in [-0.15, -0.1) is 5.10 Å². The molecule has 0 aliphatic heterocycles. The Morgan fingerprint density at radius 3 is 2.59 bits per heavy atom. The molecule has 6 heteroatoms. The van der Waals surface area contributed by atoms with Gasteiger partial charge in [0, 0.05) is 13.7 Å². The van der Waals surface area contributed by atoms with Gasteiger partial charge >= 0.3 is 0 Å². The number of carbonyl (C=O) groups is 1. The van der Waals surface area contributed by atoms with Gasteiger partial charge in [0.15, 0.2) is 0 Å². The van der Waals surface area contributed by atoms with E-state index in [0.717, 1.165) is 12.2 Å². The highest BCUT2D eigenvalue weighted by Gasteiger charge is 2.20. The number of nitrogens with zero attached hydrogens (tertiary/aromatic N) is 3. The first-order valence-electron chi connectivity index (χ1n) is 5.69. The van der Waals surface area contributed by atoms with Crippen molar-refractivity contribution in [1.29, 1.82) is 0 Å². The number of ether oxygens (including phenoxy) is 1. The molecule has 96 valence electrons. The Hall–Kier alpha value is -1.43. The Morgan fingerprint density at radius 2 is 2.12 bits per heavy atom. The summed E-state index contributed by atoms with van der Waals surface area (Å²) in [6.07, 6.45) is -0.0562. The lowest BCUT2D eigenvalue weighted by Crippen LogP contribution is -2.18. The molecule has 1 aromatic heterocycles. The van der Waals surface area contributed by atoms with Crippen LogP contribution in [0.5, 0.6) is 0 Å². The molecule has 1 atom stereocenters. The fourth-order valence-electron chi connectivity index (χ4n) is 1.68. The molecule has 0 aliphatic rings. The molecule has 1 aromatic rings. The van der Waals surface area contributed by atoms with Gasteiger partial charge < -0.3 is 10.5 Å². The molecule has 0 bridgehead atoms. The highest BCUT2D eigenvalue weighted by molar-refractivity contribution is 5.76. The van der Waals surface area contributed by atoms with E-state index >= 15 is 0 Å². The number of primary amides is 1. The van der Waals surface area contributed by atoms with E-state index in [4.69, 9.17) is 10.5 Å². The first kappa shape index (κ1) is 13.6. The van der Waals surface area contributed by atoms with Crippen LogP contribution in [0.2, 0.25) is 0 Å². The third-order valence-electron chi connectivity index (χ3n) is 2.47. The van der Waals surface area contributed by atoms with Gasteiger partial charge in [-0.05, 0) is 12.8 Å². The summed E-state index contributed by atoms with van der Waals surface area (Å²) in [7, 11) is 1.62. The lowest BCUT2D eigenvalue weighted by molar-refractivity contribution is -0.117. The molecular weight excluding hydrogens is 220 g/mol. The predicted molar refractivity (Wildman–Crippen MR) is 63.2 cm³/mol. The standard InChI is InChI=1S/C11H20N4O2/c1-7(2)6-15-11(8(3)17-4)9(13-14-15)5-10(12)16/h7-8H,5-6H2,1-4H3,(H2,12,16). The first-order valence-corrected chi connectivity index (χ1v) is 5.69. The number of hydrogen-bond donors (Lipinski definition) is 1. The van der Waals surface area contributed by atoms with Gasteiger partial charge in [-0.2, -0.15) is 0 Å². The first-order chi connectivity index (χ1) is 7.95. The number of nitrogens with two attached hydrogens (primary N) is 1. The number of methoxy groups -OCH3 is 1. The fourth-order valence-corrected chi connectivity index (χ4v) is 1.68. The monoisotopic (exact) mass is 240 g/mol. The average molecular weight is 240 g/mol. The van der Waals surface area contributed by atoms with Crippen LogP contribution in [0, 0.1) is 5.92 Å². The van der Waals surface area contributed by atoms with E-state index in [-0.39, 0.29) is 12.5 Å². The van der Waals surface area contributed by atoms with Crippen LogP contribution in [-0.2, 0) is 22.5 Å². The number of rotatable bonds is 6. The lowest BCUT2D eigenvalue weighted by atomic mass is 10.1. The molecule has 0 aliphatic carbocycles. The molecule has 17 heavy (non-hydrogen) atoms. The van der Waals surface area contributed by atoms with Crippen LogP contribution >= 0.6 is 0 Å². The summed E-state index contributed by atoms with van der Waals surface area (Å²) in [6.45, 7) is 6.84. The van der Waals surface area contributed by atoms with Crippen molar-refractivity contribution >= 4 is 5.91 Å². The molecule has 1 heterocycles. The van der Waals surface area contributed by atoms with Crippen LogP contribution in [0.25, 0.3) is 0 Å². The van der Waals surface area contributed by atoms with Gasteiger partial charge in [-0.3, -0.25) is 4.79 Å². The molecule has 0 spiro atoms. The normalized spacial score (nSPS) is 13.0. The minimum atomic E-state index is -0.411. The Bertz CT molecular complexity index is 387. The van der Waals surface area contributed by atoms with Crippen molar-refractivity contribution in [3.8, 4) is 0 Å². The molecule has 1 rings (SSSR count). The van der Waals surface area contributed by atoms with Crippen molar-refractivity contribution in [3.05, 3.63) is 11.4 Å². The minimum Gasteiger partial charge on any atom is -0.375 e. The fraction of sp³-hybridized carbons (Fsp3) is 0.727. The van der Waals surface area contributed by atoms with E-state index < -0.39 is 5.91 Å². The maximum atomic E-state index is 11.0. The Morgan fingerprint density at radius 1 is 1.47 bits per heavy atom. The van der Waals surface area contributed by atoms with Gasteiger partial charge in [-0.1, -0.05) is 19.1 Å². The second-order valence-electron chi connectivity index (χ2n) is 4.52. The van der Waals surface area contributed by atoms with Crippen LogP contribution in [0.15, 0.2) is 0 Å². The van der Waals surface area contributed by atoms with Crippen molar-refractivity contribution in [3.63, 3.8) is 0 Å². The van der Waals surface area contributed by atoms with Crippen LogP contribution < -0.4 is 5.73 Å². The lowest BCUT2D eigenvalue weighted by Gasteiger charge is -2.14. The molecule has 1 unspecified atom stereocenters. The number of carbonyl (C=O) groups excluding carboxylic acids is 1. The predicted octanol–water partition coefficient (Wildman–Crippen LogP) is 0.669. The maximum Gasteiger partial charge on any atom is 0.223 e. The molecule has 2 N–H and O–H groups in total. The SMILES string of the molecule is COC(C)c1c(CC(N)=O)nnn1CC(C)C. The number of amides is 1. The zero-order chi connectivity index (χ0) is 13.0. The number of hydrogen-bond acceptors (Lipinski definition) is 4. The molecule has 1 amide bonds. The van der Waals surface area contributed by atoms with E-state index in [9.17, 15) is 4.79 Å². The summed E-state index contributed by atoms with van der Waals surface area (Å²) >= 11 is 0. The highest BCUT2D eigenvalue weighted by atomic mass is 16.5. The summed E-state index contributed by atoms with van der Waals surface area (Å²) < 4.78 is 7.07. The van der Waals surface area contributed by atoms with Crippen molar-refractivity contribution in [2.45, 2.75) is 39.8 Å². The maximum absolute atomic E-state index is 11.0. The van der Waals surface area contributed by atoms with Crippen LogP contribution in [-0.4, -0.2) is 28.0 Å². The topological polar surface area (TPSA) is 83.0 Å². The van der Waals surface area contributed by atoms with E-state index in [2.05, 4.69) is 24.2 Å². The highest BCUT2D eigenvalue weighted by Crippen LogP contribution is 2.20. The number of aromatic nitrogens is 3. The smallest absolute Gasteiger partial charge is 0.223 e. The molecule has 6 nitrogen and oxygen atoms in total. The summed E-state index contributed by atoms with van der Waals surface area (Å²) in [5, 5.41) is 8.07. The summed E-state index contributed by atoms with van der Waals surface area (Å²) in [4.78, 5) is 11.0. The summed E-state index contributed by atoms with van der Waals surface area (Å²) in [5.41, 5.74) is 6.63. The average Bonchev–Trinajstić information content (AvgIpc) is 2.58. The second-order valence-corrected chi connectivity index (χ2v) is 4.52. The van der Waals surface area contributed by atoms with Gasteiger partial charge in [0.05, 0.1) is 23.9 Å². The third-order valence-corrected chi connectivity index (χ3v) is 2.47. The van der Waals surface area contributed by atoms with Crippen LogP contribution in [0.3, 0.4) is 0 Å². The summed E-state index contributed by atoms with van der Waals surface area (Å²) in [5.74, 6) is 0.0343. The van der Waals surface area contributed by atoms with Crippen molar-refractivity contribution in [1.82, 2.24) is 15.0 Å². The van der Waals surface area contributed by atoms with E-state index in [1.165, 1.54) is 0 Å². The Balaban J connectivity index is 3.05. The summed E-state index contributed by atoms with van der Waals surface area (Å²) in [6, 6.07) is 0. The van der Waals surface area contributed by atoms with Gasteiger partial charge in [0.25, 0.3) is 0 Å². The molecule has 0 fully saturated rings. The van der Waals surface area contributed by atoms with Gasteiger partial charge in [-0.25, -0.2) is 4.68 Å². The molecular formula is C11H20N4O2. The molecule has 0 saturated carbocycles. The minimum absolute atomic E-state index is 0.0983. The van der Waals surface area contributed by atoms with Crippen molar-refractivity contribution in [2.24, 2.45) is 11.7 Å². The zero-order valence-electron chi connectivity index (χ0n) is 10.8. The molecule has 0 saturated heterocycles. The van der Waals surface area contributed by atoms with Crippen molar-refractivity contribution < 1.29 is 9.53 Å². The largest absolute Gasteiger partial charge is 0.375 e. The van der Waals surface area contributed by atoms with E-state index in [1.54, 1.807) is 11.8 Å². The Labute approximate surface area is 101 Å². The molecule has 0 aromatic carbocycles. The van der Waals surface area contributed by atoms with Crippen LogP contribution in [0.1, 0.15) is 38.3 Å². The molecule has 0 radical (unpaired) electrons. The second kappa shape index (κ2) is 5.77. The van der Waals surface area contributed by atoms with Crippen molar-refractivity contribution in [2.75, 3.05) is 7.11 Å². The van der Waals surface area contributed by atoms with Gasteiger partial charge in [0.1, 0.15) is 0 Å². The van der Waals surface area contributed by atoms with E-state index in [1.807, 2.05) is 6.92 Å². The zero-order valence-corrected chi connectivity index (χ0v) is 10.8.